The summed E-state index contributed by atoms with van der Waals surface area (Å²) in [6.45, 7) is 0.978. The van der Waals surface area contributed by atoms with Crippen molar-refractivity contribution in [2.45, 2.75) is 12.8 Å². The maximum Gasteiger partial charge on any atom is 0.243 e. The van der Waals surface area contributed by atoms with Crippen molar-refractivity contribution in [2.24, 2.45) is 5.11 Å². The van der Waals surface area contributed by atoms with Gasteiger partial charge in [0.15, 0.2) is 0 Å². The number of azide groups is 1. The van der Waals surface area contributed by atoms with E-state index >= 15 is 0 Å². The van der Waals surface area contributed by atoms with Gasteiger partial charge in [-0.2, -0.15) is 0 Å². The summed E-state index contributed by atoms with van der Waals surface area (Å²) in [5.41, 5.74) is 8.83. The first-order chi connectivity index (χ1) is 9.22. The zero-order chi connectivity index (χ0) is 13.9. The molecule has 0 aliphatic heterocycles. The molecule has 5 nitrogen and oxygen atoms in total. The van der Waals surface area contributed by atoms with Crippen LogP contribution in [0, 0.1) is 5.82 Å². The van der Waals surface area contributed by atoms with Crippen LogP contribution in [0.1, 0.15) is 18.4 Å². The Hall–Kier alpha value is -2.33. The number of carbonyl (C=O) groups excluding carboxylic acids is 1. The Balaban J connectivity index is 2.23. The van der Waals surface area contributed by atoms with Gasteiger partial charge >= 0.3 is 0 Å². The summed E-state index contributed by atoms with van der Waals surface area (Å²) in [7, 11) is 0. The molecule has 1 aromatic carbocycles. The summed E-state index contributed by atoms with van der Waals surface area (Å²) in [6, 6.07) is 5.87. The molecule has 0 bridgehead atoms. The number of amides is 1. The third-order valence-electron chi connectivity index (χ3n) is 2.34. The molecule has 0 atom stereocenters. The van der Waals surface area contributed by atoms with E-state index in [1.165, 1.54) is 18.2 Å². The lowest BCUT2D eigenvalue weighted by molar-refractivity contribution is -0.116. The Bertz CT molecular complexity index is 478. The standard InChI is InChI=1S/C13H15FN4O/c14-12-6-3-11(4-7-12)5-8-13(19)16-9-1-2-10-17-18-15/h3-8H,1-2,9-10H2,(H,16,19)/b8-5+. The lowest BCUT2D eigenvalue weighted by atomic mass is 10.2. The highest BCUT2D eigenvalue weighted by Crippen LogP contribution is 2.04. The molecule has 19 heavy (non-hydrogen) atoms. The Morgan fingerprint density at radius 2 is 2.11 bits per heavy atom. The van der Waals surface area contributed by atoms with Gasteiger partial charge in [0.2, 0.25) is 5.91 Å². The first-order valence-corrected chi connectivity index (χ1v) is 5.94. The fraction of sp³-hybridized carbons (Fsp3) is 0.308. The van der Waals surface area contributed by atoms with Crippen LogP contribution in [-0.4, -0.2) is 19.0 Å². The quantitative estimate of drug-likeness (QED) is 0.265. The molecule has 1 aromatic rings. The summed E-state index contributed by atoms with van der Waals surface area (Å²) < 4.78 is 12.6. The molecule has 0 spiro atoms. The van der Waals surface area contributed by atoms with E-state index in [-0.39, 0.29) is 11.7 Å². The number of nitrogens with zero attached hydrogens (tertiary/aromatic N) is 3. The van der Waals surface area contributed by atoms with Gasteiger partial charge in [-0.3, -0.25) is 4.79 Å². The van der Waals surface area contributed by atoms with E-state index in [4.69, 9.17) is 5.53 Å². The molecule has 0 saturated heterocycles. The second kappa shape index (κ2) is 8.72. The first-order valence-electron chi connectivity index (χ1n) is 5.94. The van der Waals surface area contributed by atoms with Gasteiger partial charge in [0.25, 0.3) is 0 Å². The molecule has 0 saturated carbocycles. The zero-order valence-electron chi connectivity index (χ0n) is 10.4. The van der Waals surface area contributed by atoms with E-state index < -0.39 is 0 Å². The summed E-state index contributed by atoms with van der Waals surface area (Å²) in [4.78, 5) is 14.1. The van der Waals surface area contributed by atoms with Crippen LogP contribution in [0.4, 0.5) is 4.39 Å². The summed E-state index contributed by atoms with van der Waals surface area (Å²) in [6.07, 6.45) is 4.52. The second-order valence-electron chi connectivity index (χ2n) is 3.84. The van der Waals surface area contributed by atoms with E-state index in [9.17, 15) is 9.18 Å². The lowest BCUT2D eigenvalue weighted by Crippen LogP contribution is -2.22. The molecular formula is C13H15FN4O. The largest absolute Gasteiger partial charge is 0.353 e. The van der Waals surface area contributed by atoms with E-state index in [0.29, 0.717) is 13.1 Å². The van der Waals surface area contributed by atoms with Crippen LogP contribution in [0.25, 0.3) is 16.5 Å². The summed E-state index contributed by atoms with van der Waals surface area (Å²) in [5, 5.41) is 6.10. The van der Waals surface area contributed by atoms with Crippen molar-refractivity contribution in [3.63, 3.8) is 0 Å². The lowest BCUT2D eigenvalue weighted by Gasteiger charge is -2.00. The molecule has 1 rings (SSSR count). The van der Waals surface area contributed by atoms with Gasteiger partial charge < -0.3 is 5.32 Å². The number of rotatable bonds is 7. The van der Waals surface area contributed by atoms with Crippen molar-refractivity contribution in [2.75, 3.05) is 13.1 Å². The monoisotopic (exact) mass is 262 g/mol. The van der Waals surface area contributed by atoms with Gasteiger partial charge in [0, 0.05) is 24.1 Å². The number of halogens is 1. The molecule has 0 aromatic heterocycles. The molecule has 0 unspecified atom stereocenters. The molecule has 0 heterocycles. The maximum absolute atomic E-state index is 12.6. The molecule has 1 N–H and O–H groups in total. The minimum absolute atomic E-state index is 0.201. The Morgan fingerprint density at radius 1 is 1.37 bits per heavy atom. The molecule has 0 fully saturated rings. The highest BCUT2D eigenvalue weighted by Gasteiger charge is 1.95. The van der Waals surface area contributed by atoms with Crippen LogP contribution in [0.3, 0.4) is 0 Å². The fourth-order valence-electron chi connectivity index (χ4n) is 1.37. The smallest absolute Gasteiger partial charge is 0.243 e. The molecule has 100 valence electrons. The zero-order valence-corrected chi connectivity index (χ0v) is 10.4. The van der Waals surface area contributed by atoms with Crippen LogP contribution in [0.5, 0.6) is 0 Å². The normalized spacial score (nSPS) is 10.2. The number of carbonyl (C=O) groups is 1. The average Bonchev–Trinajstić information content (AvgIpc) is 2.42. The minimum Gasteiger partial charge on any atom is -0.353 e. The van der Waals surface area contributed by atoms with Crippen molar-refractivity contribution in [1.82, 2.24) is 5.32 Å². The molecule has 1 amide bonds. The Morgan fingerprint density at radius 3 is 2.79 bits per heavy atom. The predicted octanol–water partition coefficient (Wildman–Crippen LogP) is 3.05. The fourth-order valence-corrected chi connectivity index (χ4v) is 1.37. The molecular weight excluding hydrogens is 247 g/mol. The van der Waals surface area contributed by atoms with Crippen molar-refractivity contribution < 1.29 is 9.18 Å². The summed E-state index contributed by atoms with van der Waals surface area (Å²) >= 11 is 0. The van der Waals surface area contributed by atoms with Crippen LogP contribution in [-0.2, 0) is 4.79 Å². The van der Waals surface area contributed by atoms with Crippen LogP contribution >= 0.6 is 0 Å². The van der Waals surface area contributed by atoms with Gasteiger partial charge in [0.1, 0.15) is 5.82 Å². The highest BCUT2D eigenvalue weighted by atomic mass is 19.1. The van der Waals surface area contributed by atoms with E-state index in [2.05, 4.69) is 15.3 Å². The number of hydrogen-bond acceptors (Lipinski definition) is 2. The van der Waals surface area contributed by atoms with E-state index in [1.807, 2.05) is 0 Å². The first kappa shape index (κ1) is 14.7. The van der Waals surface area contributed by atoms with E-state index in [1.54, 1.807) is 18.2 Å². The number of unbranched alkanes of at least 4 members (excludes halogenated alkanes) is 1. The molecule has 6 heteroatoms. The van der Waals surface area contributed by atoms with Gasteiger partial charge in [-0.1, -0.05) is 17.2 Å². The topological polar surface area (TPSA) is 77.9 Å². The number of nitrogens with one attached hydrogen (secondary N) is 1. The van der Waals surface area contributed by atoms with Gasteiger partial charge in [0.05, 0.1) is 0 Å². The van der Waals surface area contributed by atoms with Crippen molar-refractivity contribution in [3.8, 4) is 0 Å². The molecule has 0 aliphatic carbocycles. The summed E-state index contributed by atoms with van der Waals surface area (Å²) in [5.74, 6) is -0.505. The third kappa shape index (κ3) is 6.85. The predicted molar refractivity (Wildman–Crippen MR) is 71.7 cm³/mol. The average molecular weight is 262 g/mol. The van der Waals surface area contributed by atoms with Gasteiger partial charge in [-0.05, 0) is 42.1 Å². The Labute approximate surface area is 110 Å². The van der Waals surface area contributed by atoms with Gasteiger partial charge in [-0.25, -0.2) is 4.39 Å². The van der Waals surface area contributed by atoms with Crippen molar-refractivity contribution in [1.29, 1.82) is 0 Å². The van der Waals surface area contributed by atoms with Gasteiger partial charge in [-0.15, -0.1) is 0 Å². The number of hydrogen-bond donors (Lipinski definition) is 1. The third-order valence-corrected chi connectivity index (χ3v) is 2.34. The van der Waals surface area contributed by atoms with Crippen molar-refractivity contribution >= 4 is 12.0 Å². The minimum atomic E-state index is -0.304. The Kier molecular flexibility index (Phi) is 6.76. The van der Waals surface area contributed by atoms with Crippen molar-refractivity contribution in [3.05, 3.63) is 52.2 Å². The van der Waals surface area contributed by atoms with Crippen LogP contribution in [0.2, 0.25) is 0 Å². The van der Waals surface area contributed by atoms with Crippen LogP contribution in [0.15, 0.2) is 35.5 Å². The number of benzene rings is 1. The highest BCUT2D eigenvalue weighted by molar-refractivity contribution is 5.91. The molecule has 0 aliphatic rings. The second-order valence-corrected chi connectivity index (χ2v) is 3.84. The molecule has 0 radical (unpaired) electrons. The maximum atomic E-state index is 12.6. The van der Waals surface area contributed by atoms with Crippen LogP contribution < -0.4 is 5.32 Å². The SMILES string of the molecule is [N-]=[N+]=NCCCCNC(=O)/C=C/c1ccc(F)cc1. The van der Waals surface area contributed by atoms with E-state index in [0.717, 1.165) is 18.4 Å².